The number of esters is 1. The first-order valence-corrected chi connectivity index (χ1v) is 11.0. The first-order chi connectivity index (χ1) is 14.6. The minimum absolute atomic E-state index is 0.251. The number of hydrogen-bond acceptors (Lipinski definition) is 7. The van der Waals surface area contributed by atoms with Gasteiger partial charge in [-0.15, -0.1) is 0 Å². The highest BCUT2D eigenvalue weighted by atomic mass is 16.5. The van der Waals surface area contributed by atoms with Crippen LogP contribution in [-0.2, 0) is 30.3 Å². The number of piperazine rings is 1. The summed E-state index contributed by atoms with van der Waals surface area (Å²) in [7, 11) is 0. The summed E-state index contributed by atoms with van der Waals surface area (Å²) in [5.74, 6) is -0.251. The third kappa shape index (κ3) is 11.0. The Labute approximate surface area is 181 Å². The highest BCUT2D eigenvalue weighted by Crippen LogP contribution is 2.05. The predicted octanol–water partition coefficient (Wildman–Crippen LogP) is 2.20. The van der Waals surface area contributed by atoms with Crippen LogP contribution < -0.4 is 0 Å². The molecule has 170 valence electrons. The molecule has 1 saturated heterocycles. The Kier molecular flexibility index (Phi) is 12.6. The summed E-state index contributed by atoms with van der Waals surface area (Å²) in [4.78, 5) is 16.6. The fraction of sp³-hybridized carbons (Fsp3) is 0.696. The lowest BCUT2D eigenvalue weighted by molar-refractivity contribution is -0.146. The fourth-order valence-corrected chi connectivity index (χ4v) is 3.20. The third-order valence-electron chi connectivity index (χ3n) is 5.13. The monoisotopic (exact) mass is 422 g/mol. The van der Waals surface area contributed by atoms with Crippen LogP contribution in [0.5, 0.6) is 0 Å². The van der Waals surface area contributed by atoms with E-state index < -0.39 is 0 Å². The molecule has 0 radical (unpaired) electrons. The average Bonchev–Trinajstić information content (AvgIpc) is 2.77. The number of hydrogen-bond donors (Lipinski definition) is 0. The molecule has 0 saturated carbocycles. The van der Waals surface area contributed by atoms with E-state index in [0.717, 1.165) is 44.9 Å². The predicted molar refractivity (Wildman–Crippen MR) is 116 cm³/mol. The molecule has 2 rings (SSSR count). The van der Waals surface area contributed by atoms with Crippen molar-refractivity contribution in [1.29, 1.82) is 0 Å². The average molecular weight is 423 g/mol. The summed E-state index contributed by atoms with van der Waals surface area (Å²) in [6, 6.07) is 10.3. The van der Waals surface area contributed by atoms with Crippen molar-refractivity contribution in [2.45, 2.75) is 32.9 Å². The van der Waals surface area contributed by atoms with Crippen LogP contribution in [-0.4, -0.2) is 94.2 Å². The Hall–Kier alpha value is -1.51. The van der Waals surface area contributed by atoms with Gasteiger partial charge in [0, 0.05) is 38.8 Å². The van der Waals surface area contributed by atoms with E-state index in [2.05, 4.69) is 23.6 Å². The van der Waals surface area contributed by atoms with Crippen molar-refractivity contribution >= 4 is 5.97 Å². The van der Waals surface area contributed by atoms with Gasteiger partial charge in [0.15, 0.2) is 0 Å². The molecule has 1 heterocycles. The van der Waals surface area contributed by atoms with Gasteiger partial charge in [0.2, 0.25) is 0 Å². The van der Waals surface area contributed by atoms with Crippen LogP contribution in [0.25, 0.3) is 0 Å². The van der Waals surface area contributed by atoms with Crippen LogP contribution in [0, 0.1) is 0 Å². The van der Waals surface area contributed by atoms with E-state index >= 15 is 0 Å². The molecule has 1 aromatic carbocycles. The van der Waals surface area contributed by atoms with Gasteiger partial charge in [-0.25, -0.2) is 0 Å². The summed E-state index contributed by atoms with van der Waals surface area (Å²) >= 11 is 0. The molecule has 1 aliphatic heterocycles. The molecule has 0 aliphatic carbocycles. The number of carbonyl (C=O) groups excluding carboxylic acids is 1. The van der Waals surface area contributed by atoms with Gasteiger partial charge >= 0.3 is 5.97 Å². The molecule has 30 heavy (non-hydrogen) atoms. The van der Waals surface area contributed by atoms with Gasteiger partial charge in [-0.3, -0.25) is 14.6 Å². The number of ether oxygens (including phenoxy) is 4. The Morgan fingerprint density at radius 1 is 0.867 bits per heavy atom. The molecular formula is C23H38N2O5. The van der Waals surface area contributed by atoms with Crippen molar-refractivity contribution in [1.82, 2.24) is 9.80 Å². The minimum atomic E-state index is -0.251. The van der Waals surface area contributed by atoms with Crippen LogP contribution in [0.4, 0.5) is 0 Å². The summed E-state index contributed by atoms with van der Waals surface area (Å²) in [6.07, 6.45) is 0.251. The molecule has 1 aromatic rings. The zero-order valence-electron chi connectivity index (χ0n) is 18.6. The molecule has 7 nitrogen and oxygen atoms in total. The molecule has 1 aliphatic rings. The SMILES string of the molecule is CC(C)N1CCN(CCOCCOCCOCCC(=O)OCc2ccccc2)CC1. The number of carbonyl (C=O) groups is 1. The third-order valence-corrected chi connectivity index (χ3v) is 5.13. The van der Waals surface area contributed by atoms with Gasteiger partial charge in [0.25, 0.3) is 0 Å². The first kappa shape index (κ1) is 24.8. The molecular weight excluding hydrogens is 384 g/mol. The van der Waals surface area contributed by atoms with Crippen molar-refractivity contribution < 1.29 is 23.7 Å². The molecule has 0 bridgehead atoms. The quantitative estimate of drug-likeness (QED) is 0.317. The standard InChI is InChI=1S/C23H38N2O5/c1-21(2)25-11-9-24(10-12-25)13-15-28-17-19-29-18-16-27-14-8-23(26)30-20-22-6-4-3-5-7-22/h3-7,21H,8-20H2,1-2H3. The van der Waals surface area contributed by atoms with Crippen molar-refractivity contribution in [2.24, 2.45) is 0 Å². The van der Waals surface area contributed by atoms with E-state index in [1.54, 1.807) is 0 Å². The van der Waals surface area contributed by atoms with Gasteiger partial charge in [-0.1, -0.05) is 30.3 Å². The number of rotatable bonds is 15. The second-order valence-corrected chi connectivity index (χ2v) is 7.70. The van der Waals surface area contributed by atoms with Crippen LogP contribution in [0.2, 0.25) is 0 Å². The smallest absolute Gasteiger partial charge is 0.308 e. The maximum atomic E-state index is 11.7. The lowest BCUT2D eigenvalue weighted by Crippen LogP contribution is -2.49. The largest absolute Gasteiger partial charge is 0.461 e. The van der Waals surface area contributed by atoms with Gasteiger partial charge in [0.05, 0.1) is 46.1 Å². The minimum Gasteiger partial charge on any atom is -0.461 e. The normalized spacial score (nSPS) is 15.6. The Morgan fingerprint density at radius 2 is 1.47 bits per heavy atom. The van der Waals surface area contributed by atoms with E-state index in [4.69, 9.17) is 18.9 Å². The van der Waals surface area contributed by atoms with E-state index in [1.807, 2.05) is 30.3 Å². The van der Waals surface area contributed by atoms with Gasteiger partial charge in [-0.2, -0.15) is 0 Å². The lowest BCUT2D eigenvalue weighted by atomic mass is 10.2. The number of nitrogens with zero attached hydrogens (tertiary/aromatic N) is 2. The first-order valence-electron chi connectivity index (χ1n) is 11.0. The Bertz CT molecular complexity index is 562. The van der Waals surface area contributed by atoms with Crippen LogP contribution in [0.15, 0.2) is 30.3 Å². The fourth-order valence-electron chi connectivity index (χ4n) is 3.20. The van der Waals surface area contributed by atoms with Gasteiger partial charge in [0.1, 0.15) is 6.61 Å². The summed E-state index contributed by atoms with van der Waals surface area (Å²) in [6.45, 7) is 13.5. The van der Waals surface area contributed by atoms with E-state index in [0.29, 0.717) is 45.7 Å². The zero-order chi connectivity index (χ0) is 21.4. The van der Waals surface area contributed by atoms with Gasteiger partial charge < -0.3 is 18.9 Å². The molecule has 0 spiro atoms. The molecule has 7 heteroatoms. The topological polar surface area (TPSA) is 60.5 Å². The van der Waals surface area contributed by atoms with Gasteiger partial charge in [-0.05, 0) is 19.4 Å². The lowest BCUT2D eigenvalue weighted by Gasteiger charge is -2.36. The zero-order valence-corrected chi connectivity index (χ0v) is 18.6. The van der Waals surface area contributed by atoms with Crippen LogP contribution in [0.1, 0.15) is 25.8 Å². The Balaban J connectivity index is 1.32. The molecule has 1 fully saturated rings. The van der Waals surface area contributed by atoms with E-state index in [-0.39, 0.29) is 12.4 Å². The Morgan fingerprint density at radius 3 is 2.10 bits per heavy atom. The highest BCUT2D eigenvalue weighted by Gasteiger charge is 2.18. The van der Waals surface area contributed by atoms with Crippen molar-refractivity contribution in [3.05, 3.63) is 35.9 Å². The molecule has 0 amide bonds. The second kappa shape index (κ2) is 15.3. The van der Waals surface area contributed by atoms with E-state index in [1.165, 1.54) is 0 Å². The summed E-state index contributed by atoms with van der Waals surface area (Å²) in [5, 5.41) is 0. The molecule has 0 N–H and O–H groups in total. The summed E-state index contributed by atoms with van der Waals surface area (Å²) < 4.78 is 21.8. The van der Waals surface area contributed by atoms with Crippen LogP contribution in [0.3, 0.4) is 0 Å². The van der Waals surface area contributed by atoms with Crippen molar-refractivity contribution in [2.75, 3.05) is 72.4 Å². The maximum Gasteiger partial charge on any atom is 0.308 e. The molecule has 0 aromatic heterocycles. The number of benzene rings is 1. The highest BCUT2D eigenvalue weighted by molar-refractivity contribution is 5.69. The van der Waals surface area contributed by atoms with Crippen LogP contribution >= 0.6 is 0 Å². The van der Waals surface area contributed by atoms with E-state index in [9.17, 15) is 4.79 Å². The summed E-state index contributed by atoms with van der Waals surface area (Å²) in [5.41, 5.74) is 0.982. The molecule has 0 atom stereocenters. The van der Waals surface area contributed by atoms with Crippen molar-refractivity contribution in [3.8, 4) is 0 Å². The van der Waals surface area contributed by atoms with Crippen molar-refractivity contribution in [3.63, 3.8) is 0 Å². The second-order valence-electron chi connectivity index (χ2n) is 7.70. The molecule has 0 unspecified atom stereocenters. The maximum absolute atomic E-state index is 11.7.